The minimum atomic E-state index is -3.23. The molecule has 2 aliphatic rings. The maximum absolute atomic E-state index is 12.8. The molecule has 1 aromatic carbocycles. The van der Waals surface area contributed by atoms with Crippen LogP contribution in [0, 0.1) is 5.92 Å². The van der Waals surface area contributed by atoms with Gasteiger partial charge in [-0.3, -0.25) is 0 Å². The van der Waals surface area contributed by atoms with Crippen molar-refractivity contribution >= 4 is 16.1 Å². The molecule has 1 N–H and O–H groups in total. The van der Waals surface area contributed by atoms with Gasteiger partial charge in [-0.1, -0.05) is 12.1 Å². The molecule has 1 saturated carbocycles. The number of piperazine rings is 1. The van der Waals surface area contributed by atoms with Gasteiger partial charge in [0.1, 0.15) is 5.75 Å². The molecule has 0 spiro atoms. The van der Waals surface area contributed by atoms with Crippen molar-refractivity contribution in [2.24, 2.45) is 5.92 Å². The summed E-state index contributed by atoms with van der Waals surface area (Å²) in [6, 6.07) is 7.72. The summed E-state index contributed by atoms with van der Waals surface area (Å²) in [4.78, 5) is 14.5. The lowest BCUT2D eigenvalue weighted by Gasteiger charge is -2.38. The van der Waals surface area contributed by atoms with Crippen LogP contribution in [0.1, 0.15) is 25.3 Å². The van der Waals surface area contributed by atoms with Crippen molar-refractivity contribution in [1.82, 2.24) is 14.5 Å². The second-order valence-corrected chi connectivity index (χ2v) is 9.55. The lowest BCUT2D eigenvalue weighted by Crippen LogP contribution is -2.58. The second-order valence-electron chi connectivity index (χ2n) is 7.62. The van der Waals surface area contributed by atoms with Crippen molar-refractivity contribution in [3.8, 4) is 5.75 Å². The van der Waals surface area contributed by atoms with Crippen molar-refractivity contribution in [2.75, 3.05) is 33.0 Å². The number of sulfonamides is 1. The fourth-order valence-corrected chi connectivity index (χ4v) is 4.89. The van der Waals surface area contributed by atoms with E-state index in [1.807, 2.05) is 25.1 Å². The average molecular weight is 396 g/mol. The molecule has 27 heavy (non-hydrogen) atoms. The lowest BCUT2D eigenvalue weighted by atomic mass is 10.0. The number of carbonyl (C=O) groups excluding carboxylic acids is 1. The number of hydrogen-bond acceptors (Lipinski definition) is 4. The Kier molecular flexibility index (Phi) is 5.95. The van der Waals surface area contributed by atoms with E-state index in [-0.39, 0.29) is 18.1 Å². The van der Waals surface area contributed by atoms with E-state index in [1.54, 1.807) is 12.0 Å². The predicted molar refractivity (Wildman–Crippen MR) is 104 cm³/mol. The fourth-order valence-electron chi connectivity index (χ4n) is 3.76. The highest BCUT2D eigenvalue weighted by Gasteiger charge is 2.36. The maximum atomic E-state index is 12.8. The molecule has 2 atom stereocenters. The second kappa shape index (κ2) is 8.06. The summed E-state index contributed by atoms with van der Waals surface area (Å²) in [5.41, 5.74) is 1.14. The minimum absolute atomic E-state index is 0.0906. The van der Waals surface area contributed by atoms with E-state index < -0.39 is 10.0 Å². The van der Waals surface area contributed by atoms with Crippen molar-refractivity contribution in [2.45, 2.75) is 38.3 Å². The Morgan fingerprint density at radius 1 is 1.33 bits per heavy atom. The van der Waals surface area contributed by atoms with Gasteiger partial charge in [-0.2, -0.15) is 4.31 Å². The van der Waals surface area contributed by atoms with Crippen molar-refractivity contribution < 1.29 is 17.9 Å². The van der Waals surface area contributed by atoms with Gasteiger partial charge in [0.05, 0.1) is 13.4 Å². The molecular formula is C19H29N3O4S. The van der Waals surface area contributed by atoms with E-state index in [0.29, 0.717) is 25.6 Å². The van der Waals surface area contributed by atoms with Gasteiger partial charge in [0.25, 0.3) is 0 Å². The number of urea groups is 1. The van der Waals surface area contributed by atoms with E-state index in [2.05, 4.69) is 11.4 Å². The van der Waals surface area contributed by atoms with E-state index in [0.717, 1.165) is 30.6 Å². The minimum Gasteiger partial charge on any atom is -0.497 e. The van der Waals surface area contributed by atoms with Crippen LogP contribution < -0.4 is 10.1 Å². The standard InChI is InChI=1S/C19H29N3O4S/c1-14-13-21(9-10-22(14)27(3,24)25)19(23)20-18(16-7-8-16)12-15-5-4-6-17(11-15)26-2/h4-6,11,14,16,18H,7-10,12-13H2,1-3H3,(H,20,23)/t14-,18?/m0/s1. The number of nitrogens with one attached hydrogen (secondary N) is 1. The third-order valence-corrected chi connectivity index (χ3v) is 6.76. The zero-order valence-electron chi connectivity index (χ0n) is 16.2. The summed E-state index contributed by atoms with van der Waals surface area (Å²) in [6.07, 6.45) is 4.25. The van der Waals surface area contributed by atoms with Gasteiger partial charge in [0, 0.05) is 31.7 Å². The van der Waals surface area contributed by atoms with Gasteiger partial charge in [-0.25, -0.2) is 13.2 Å². The van der Waals surface area contributed by atoms with Gasteiger partial charge in [0.15, 0.2) is 0 Å². The number of rotatable bonds is 6. The van der Waals surface area contributed by atoms with Crippen LogP contribution in [-0.4, -0.2) is 68.7 Å². The summed E-state index contributed by atoms with van der Waals surface area (Å²) in [7, 11) is -1.59. The molecule has 0 aromatic heterocycles. The molecule has 0 radical (unpaired) electrons. The van der Waals surface area contributed by atoms with Crippen LogP contribution in [0.3, 0.4) is 0 Å². The summed E-state index contributed by atoms with van der Waals surface area (Å²) < 4.78 is 30.4. The first-order chi connectivity index (χ1) is 12.8. The highest BCUT2D eigenvalue weighted by molar-refractivity contribution is 7.88. The van der Waals surface area contributed by atoms with Gasteiger partial charge in [-0.05, 0) is 49.8 Å². The van der Waals surface area contributed by atoms with Crippen LogP contribution in [0.5, 0.6) is 5.75 Å². The summed E-state index contributed by atoms with van der Waals surface area (Å²) in [5.74, 6) is 1.33. The normalized spacial score (nSPS) is 22.3. The highest BCUT2D eigenvalue weighted by atomic mass is 32.2. The average Bonchev–Trinajstić information content (AvgIpc) is 3.45. The van der Waals surface area contributed by atoms with Crippen LogP contribution in [0.2, 0.25) is 0 Å². The predicted octanol–water partition coefficient (Wildman–Crippen LogP) is 1.69. The molecule has 1 heterocycles. The molecule has 1 aliphatic carbocycles. The molecular weight excluding hydrogens is 366 g/mol. The first-order valence-electron chi connectivity index (χ1n) is 9.43. The first kappa shape index (κ1) is 19.9. The molecule has 2 fully saturated rings. The molecule has 3 rings (SSSR count). The third-order valence-electron chi connectivity index (χ3n) is 5.37. The van der Waals surface area contributed by atoms with E-state index in [1.165, 1.54) is 10.6 Å². The quantitative estimate of drug-likeness (QED) is 0.795. The van der Waals surface area contributed by atoms with Crippen LogP contribution >= 0.6 is 0 Å². The maximum Gasteiger partial charge on any atom is 0.317 e. The molecule has 0 bridgehead atoms. The highest BCUT2D eigenvalue weighted by Crippen LogP contribution is 2.34. The fraction of sp³-hybridized carbons (Fsp3) is 0.632. The van der Waals surface area contributed by atoms with Gasteiger partial charge >= 0.3 is 6.03 Å². The number of nitrogens with zero attached hydrogens (tertiary/aromatic N) is 2. The Morgan fingerprint density at radius 3 is 2.67 bits per heavy atom. The molecule has 150 valence electrons. The summed E-state index contributed by atoms with van der Waals surface area (Å²) >= 11 is 0. The molecule has 1 saturated heterocycles. The van der Waals surface area contributed by atoms with Crippen molar-refractivity contribution in [3.05, 3.63) is 29.8 Å². The van der Waals surface area contributed by atoms with E-state index in [9.17, 15) is 13.2 Å². The summed E-state index contributed by atoms with van der Waals surface area (Å²) in [6.45, 7) is 3.02. The Bertz CT molecular complexity index is 779. The molecule has 1 aromatic rings. The number of methoxy groups -OCH3 is 1. The Morgan fingerprint density at radius 2 is 2.07 bits per heavy atom. The van der Waals surface area contributed by atoms with Crippen molar-refractivity contribution in [3.63, 3.8) is 0 Å². The Hall–Kier alpha value is -1.80. The van der Waals surface area contributed by atoms with Gasteiger partial charge in [-0.15, -0.1) is 0 Å². The van der Waals surface area contributed by atoms with Crippen LogP contribution in [-0.2, 0) is 16.4 Å². The Labute approximate surface area is 161 Å². The van der Waals surface area contributed by atoms with E-state index in [4.69, 9.17) is 4.74 Å². The molecule has 1 aliphatic heterocycles. The van der Waals surface area contributed by atoms with E-state index >= 15 is 0 Å². The largest absolute Gasteiger partial charge is 0.497 e. The summed E-state index contributed by atoms with van der Waals surface area (Å²) in [5, 5.41) is 3.19. The van der Waals surface area contributed by atoms with Gasteiger partial charge in [0.2, 0.25) is 10.0 Å². The van der Waals surface area contributed by atoms with Gasteiger partial charge < -0.3 is 15.0 Å². The number of ether oxygens (including phenoxy) is 1. The number of carbonyl (C=O) groups is 1. The van der Waals surface area contributed by atoms with Crippen LogP contribution in [0.25, 0.3) is 0 Å². The number of amides is 2. The number of hydrogen-bond donors (Lipinski definition) is 1. The molecule has 2 amide bonds. The topological polar surface area (TPSA) is 79.0 Å². The smallest absolute Gasteiger partial charge is 0.317 e. The molecule has 1 unspecified atom stereocenters. The van der Waals surface area contributed by atoms with Crippen LogP contribution in [0.4, 0.5) is 4.79 Å². The number of benzene rings is 1. The van der Waals surface area contributed by atoms with Crippen molar-refractivity contribution in [1.29, 1.82) is 0 Å². The Balaban J connectivity index is 1.61. The first-order valence-corrected chi connectivity index (χ1v) is 11.3. The SMILES string of the molecule is COc1cccc(CC(NC(=O)N2CCN(S(C)(=O)=O)[C@@H](C)C2)C2CC2)c1. The molecule has 8 heteroatoms. The zero-order chi connectivity index (χ0) is 19.6. The monoisotopic (exact) mass is 395 g/mol. The van der Waals surface area contributed by atoms with Crippen LogP contribution in [0.15, 0.2) is 24.3 Å². The molecule has 7 nitrogen and oxygen atoms in total. The lowest BCUT2D eigenvalue weighted by molar-refractivity contribution is 0.144. The third kappa shape index (κ3) is 5.13. The zero-order valence-corrected chi connectivity index (χ0v) is 17.0.